The van der Waals surface area contributed by atoms with Crippen LogP contribution in [0.5, 0.6) is 0 Å². The van der Waals surface area contributed by atoms with E-state index in [9.17, 15) is 4.79 Å². The predicted octanol–water partition coefficient (Wildman–Crippen LogP) is 1.50. The largest absolute Gasteiger partial charge is 0.475 e. The molecule has 4 nitrogen and oxygen atoms in total. The Bertz CT molecular complexity index is 264. The minimum absolute atomic E-state index is 0.0556. The van der Waals surface area contributed by atoms with Crippen molar-refractivity contribution in [3.05, 3.63) is 17.8 Å². The van der Waals surface area contributed by atoms with Crippen molar-refractivity contribution in [1.29, 1.82) is 0 Å². The summed E-state index contributed by atoms with van der Waals surface area (Å²) in [4.78, 5) is 14.2. The molecule has 0 aliphatic heterocycles. The lowest BCUT2D eigenvalue weighted by atomic mass is 10.1. The van der Waals surface area contributed by atoms with Gasteiger partial charge < -0.3 is 9.52 Å². The van der Waals surface area contributed by atoms with Crippen LogP contribution >= 0.6 is 0 Å². The lowest BCUT2D eigenvalue weighted by Gasteiger charge is -1.98. The molecule has 60 valence electrons. The van der Waals surface area contributed by atoms with Crippen molar-refractivity contribution < 1.29 is 14.3 Å². The van der Waals surface area contributed by atoms with E-state index in [-0.39, 0.29) is 11.7 Å². The van der Waals surface area contributed by atoms with Crippen LogP contribution in [0.3, 0.4) is 0 Å². The summed E-state index contributed by atoms with van der Waals surface area (Å²) >= 11 is 0. The quantitative estimate of drug-likeness (QED) is 0.702. The molecule has 0 aliphatic rings. The minimum Gasteiger partial charge on any atom is -0.475 e. The number of carboxylic acid groups (broad SMARTS) is 1. The first-order chi connectivity index (χ1) is 5.13. The maximum Gasteiger partial charge on any atom is 0.373 e. The van der Waals surface area contributed by atoms with Crippen molar-refractivity contribution in [2.24, 2.45) is 0 Å². The van der Waals surface area contributed by atoms with Crippen LogP contribution in [-0.4, -0.2) is 16.1 Å². The maximum absolute atomic E-state index is 10.5. The Balaban J connectivity index is 3.06. The Hall–Kier alpha value is -1.32. The van der Waals surface area contributed by atoms with Gasteiger partial charge in [0.15, 0.2) is 6.39 Å². The van der Waals surface area contributed by atoms with Crippen molar-refractivity contribution in [2.45, 2.75) is 19.8 Å². The first kappa shape index (κ1) is 7.78. The van der Waals surface area contributed by atoms with Crippen LogP contribution in [0.15, 0.2) is 10.8 Å². The van der Waals surface area contributed by atoms with Crippen LogP contribution in [0.25, 0.3) is 0 Å². The smallest absolute Gasteiger partial charge is 0.373 e. The first-order valence-electron chi connectivity index (χ1n) is 3.29. The summed E-state index contributed by atoms with van der Waals surface area (Å²) in [6.45, 7) is 3.73. The molecule has 0 atom stereocenters. The van der Waals surface area contributed by atoms with Gasteiger partial charge in [0.25, 0.3) is 0 Å². The highest BCUT2D eigenvalue weighted by Crippen LogP contribution is 2.16. The van der Waals surface area contributed by atoms with Crippen molar-refractivity contribution >= 4 is 5.97 Å². The number of carboxylic acids is 1. The fourth-order valence-electron chi connectivity index (χ4n) is 0.826. The molecule has 0 saturated heterocycles. The highest BCUT2D eigenvalue weighted by Gasteiger charge is 2.17. The van der Waals surface area contributed by atoms with Crippen molar-refractivity contribution in [1.82, 2.24) is 4.98 Å². The summed E-state index contributed by atoms with van der Waals surface area (Å²) in [6, 6.07) is 0. The third kappa shape index (κ3) is 1.39. The maximum atomic E-state index is 10.5. The van der Waals surface area contributed by atoms with Crippen LogP contribution in [-0.2, 0) is 0 Å². The van der Waals surface area contributed by atoms with Gasteiger partial charge >= 0.3 is 5.97 Å². The van der Waals surface area contributed by atoms with Crippen molar-refractivity contribution in [3.63, 3.8) is 0 Å². The second-order valence-electron chi connectivity index (χ2n) is 2.53. The summed E-state index contributed by atoms with van der Waals surface area (Å²) in [5, 5.41) is 8.57. The van der Waals surface area contributed by atoms with E-state index in [1.807, 2.05) is 13.8 Å². The van der Waals surface area contributed by atoms with Gasteiger partial charge in [0.1, 0.15) is 0 Å². The normalized spacial score (nSPS) is 10.5. The molecule has 0 amide bonds. The number of carbonyl (C=O) groups is 1. The van der Waals surface area contributed by atoms with Crippen LogP contribution in [0.4, 0.5) is 0 Å². The number of aromatic carboxylic acids is 1. The zero-order chi connectivity index (χ0) is 8.43. The molecule has 0 spiro atoms. The molecular formula is C7H9NO3. The SMILES string of the molecule is CC(C)c1ncoc1C(=O)O. The number of hydrogen-bond acceptors (Lipinski definition) is 3. The number of hydrogen-bond donors (Lipinski definition) is 1. The number of aromatic nitrogens is 1. The summed E-state index contributed by atoms with van der Waals surface area (Å²) in [6.07, 6.45) is 1.15. The molecule has 0 unspecified atom stereocenters. The Labute approximate surface area is 63.9 Å². The molecule has 0 saturated carbocycles. The van der Waals surface area contributed by atoms with Crippen LogP contribution in [0.2, 0.25) is 0 Å². The second-order valence-corrected chi connectivity index (χ2v) is 2.53. The van der Waals surface area contributed by atoms with E-state index in [0.717, 1.165) is 6.39 Å². The third-order valence-electron chi connectivity index (χ3n) is 1.34. The molecule has 11 heavy (non-hydrogen) atoms. The minimum atomic E-state index is -1.06. The lowest BCUT2D eigenvalue weighted by Crippen LogP contribution is -2.01. The highest BCUT2D eigenvalue weighted by molar-refractivity contribution is 5.85. The van der Waals surface area contributed by atoms with E-state index < -0.39 is 5.97 Å². The van der Waals surface area contributed by atoms with Gasteiger partial charge in [-0.25, -0.2) is 9.78 Å². The van der Waals surface area contributed by atoms with E-state index in [2.05, 4.69) is 9.40 Å². The zero-order valence-electron chi connectivity index (χ0n) is 6.37. The molecule has 0 bridgehead atoms. The molecule has 0 fully saturated rings. The van der Waals surface area contributed by atoms with Crippen LogP contribution in [0.1, 0.15) is 36.0 Å². The van der Waals surface area contributed by atoms with Crippen molar-refractivity contribution in [2.75, 3.05) is 0 Å². The number of rotatable bonds is 2. The van der Waals surface area contributed by atoms with Gasteiger partial charge in [-0.05, 0) is 5.92 Å². The molecule has 1 heterocycles. The van der Waals surface area contributed by atoms with Gasteiger partial charge in [0, 0.05) is 0 Å². The fourth-order valence-corrected chi connectivity index (χ4v) is 0.826. The molecule has 1 aromatic rings. The average molecular weight is 155 g/mol. The Morgan fingerprint density at radius 1 is 1.73 bits per heavy atom. The standard InChI is InChI=1S/C7H9NO3/c1-4(2)5-6(7(9)10)11-3-8-5/h3-4H,1-2H3,(H,9,10). The third-order valence-corrected chi connectivity index (χ3v) is 1.34. The Morgan fingerprint density at radius 2 is 2.36 bits per heavy atom. The van der Waals surface area contributed by atoms with E-state index in [1.54, 1.807) is 0 Å². The lowest BCUT2D eigenvalue weighted by molar-refractivity contribution is 0.0660. The predicted molar refractivity (Wildman–Crippen MR) is 37.6 cm³/mol. The van der Waals surface area contributed by atoms with Gasteiger partial charge in [-0.2, -0.15) is 0 Å². The Morgan fingerprint density at radius 3 is 2.73 bits per heavy atom. The Kier molecular flexibility index (Phi) is 1.94. The van der Waals surface area contributed by atoms with E-state index in [4.69, 9.17) is 5.11 Å². The first-order valence-corrected chi connectivity index (χ1v) is 3.29. The zero-order valence-corrected chi connectivity index (χ0v) is 6.37. The van der Waals surface area contributed by atoms with E-state index >= 15 is 0 Å². The van der Waals surface area contributed by atoms with Gasteiger partial charge in [-0.15, -0.1) is 0 Å². The van der Waals surface area contributed by atoms with Gasteiger partial charge in [-0.1, -0.05) is 13.8 Å². The molecule has 0 radical (unpaired) electrons. The van der Waals surface area contributed by atoms with Gasteiger partial charge in [0.2, 0.25) is 5.76 Å². The molecule has 1 aromatic heterocycles. The van der Waals surface area contributed by atoms with Gasteiger partial charge in [0.05, 0.1) is 5.69 Å². The summed E-state index contributed by atoms with van der Waals surface area (Å²) in [7, 11) is 0. The number of oxazole rings is 1. The molecule has 1 N–H and O–H groups in total. The van der Waals surface area contributed by atoms with Gasteiger partial charge in [-0.3, -0.25) is 0 Å². The topological polar surface area (TPSA) is 63.3 Å². The van der Waals surface area contributed by atoms with E-state index in [1.165, 1.54) is 0 Å². The second kappa shape index (κ2) is 2.74. The fraction of sp³-hybridized carbons (Fsp3) is 0.429. The average Bonchev–Trinajstić information content (AvgIpc) is 2.32. The molecule has 0 aliphatic carbocycles. The summed E-state index contributed by atoms with van der Waals surface area (Å²) in [5.74, 6) is -1.04. The number of nitrogens with zero attached hydrogens (tertiary/aromatic N) is 1. The molecule has 1 rings (SSSR count). The molecular weight excluding hydrogens is 146 g/mol. The molecule has 0 aromatic carbocycles. The summed E-state index contributed by atoms with van der Waals surface area (Å²) in [5.41, 5.74) is 0.498. The van der Waals surface area contributed by atoms with Crippen LogP contribution in [0, 0.1) is 0 Å². The van der Waals surface area contributed by atoms with E-state index in [0.29, 0.717) is 5.69 Å². The monoisotopic (exact) mass is 155 g/mol. The molecule has 4 heteroatoms. The summed E-state index contributed by atoms with van der Waals surface area (Å²) < 4.78 is 4.68. The van der Waals surface area contributed by atoms with Crippen LogP contribution < -0.4 is 0 Å². The highest BCUT2D eigenvalue weighted by atomic mass is 16.4. The van der Waals surface area contributed by atoms with Crippen molar-refractivity contribution in [3.8, 4) is 0 Å².